The third kappa shape index (κ3) is 3.61. The van der Waals surface area contributed by atoms with Crippen molar-refractivity contribution in [2.24, 2.45) is 4.99 Å². The summed E-state index contributed by atoms with van der Waals surface area (Å²) in [7, 11) is 0. The summed E-state index contributed by atoms with van der Waals surface area (Å²) in [5.41, 5.74) is 2.27. The second kappa shape index (κ2) is 7.84. The van der Waals surface area contributed by atoms with Crippen LogP contribution in [0.5, 0.6) is 5.75 Å². The van der Waals surface area contributed by atoms with Gasteiger partial charge in [-0.3, -0.25) is 9.98 Å². The number of aliphatic imine (C=N–C) groups is 1. The van der Waals surface area contributed by atoms with Crippen molar-refractivity contribution in [2.75, 3.05) is 5.75 Å². The number of fused-ring (bicyclic) bond motifs is 1. The number of hydrogen-bond donors (Lipinski definition) is 0. The Hall–Kier alpha value is -1.53. The van der Waals surface area contributed by atoms with Crippen LogP contribution >= 0.6 is 27.7 Å². The van der Waals surface area contributed by atoms with Crippen LogP contribution in [0.15, 0.2) is 52.1 Å². The zero-order chi connectivity index (χ0) is 19.0. The number of benzene rings is 1. The molecule has 0 aliphatic carbocycles. The first-order valence-electron chi connectivity index (χ1n) is 9.44. The van der Waals surface area contributed by atoms with Crippen molar-refractivity contribution in [3.8, 4) is 5.75 Å². The van der Waals surface area contributed by atoms with Gasteiger partial charge >= 0.3 is 0 Å². The summed E-state index contributed by atoms with van der Waals surface area (Å²) >= 11 is 5.57. The van der Waals surface area contributed by atoms with Crippen molar-refractivity contribution >= 4 is 32.9 Å². The zero-order valence-corrected chi connectivity index (χ0v) is 18.2. The van der Waals surface area contributed by atoms with Crippen LogP contribution in [0.2, 0.25) is 0 Å². The summed E-state index contributed by atoms with van der Waals surface area (Å²) < 4.78 is 6.89. The van der Waals surface area contributed by atoms with Gasteiger partial charge in [-0.2, -0.15) is 0 Å². The van der Waals surface area contributed by atoms with Crippen LogP contribution in [-0.2, 0) is 0 Å². The summed E-state index contributed by atoms with van der Waals surface area (Å²) in [6, 6.07) is 13.2. The predicted molar refractivity (Wildman–Crippen MR) is 115 cm³/mol. The highest BCUT2D eigenvalue weighted by atomic mass is 79.9. The molecule has 4 rings (SSSR count). The van der Waals surface area contributed by atoms with Gasteiger partial charge in [0, 0.05) is 18.0 Å². The molecule has 3 atom stereocenters. The lowest BCUT2D eigenvalue weighted by Crippen LogP contribution is -2.35. The average molecular weight is 446 g/mol. The lowest BCUT2D eigenvalue weighted by molar-refractivity contribution is 0.239. The highest BCUT2D eigenvalue weighted by Gasteiger charge is 2.45. The van der Waals surface area contributed by atoms with Crippen LogP contribution in [0, 0.1) is 0 Å². The lowest BCUT2D eigenvalue weighted by Gasteiger charge is -2.32. The molecule has 0 unspecified atom stereocenters. The molecule has 1 fully saturated rings. The molecular formula is C21H24BrN3OS. The number of pyridine rings is 1. The highest BCUT2D eigenvalue weighted by molar-refractivity contribution is 9.10. The van der Waals surface area contributed by atoms with Gasteiger partial charge in [-0.1, -0.05) is 30.8 Å². The molecule has 0 saturated carbocycles. The van der Waals surface area contributed by atoms with E-state index in [1.54, 1.807) is 0 Å². The largest absolute Gasteiger partial charge is 0.490 e. The molecule has 4 nitrogen and oxygen atoms in total. The second-order valence-electron chi connectivity index (χ2n) is 7.19. The van der Waals surface area contributed by atoms with Gasteiger partial charge in [-0.15, -0.1) is 0 Å². The molecule has 0 N–H and O–H groups in total. The Labute approximate surface area is 173 Å². The van der Waals surface area contributed by atoms with E-state index in [-0.39, 0.29) is 18.2 Å². The van der Waals surface area contributed by atoms with Crippen molar-refractivity contribution in [1.29, 1.82) is 0 Å². The van der Waals surface area contributed by atoms with Gasteiger partial charge in [-0.05, 0) is 66.0 Å². The van der Waals surface area contributed by atoms with Crippen molar-refractivity contribution in [2.45, 2.75) is 51.4 Å². The second-order valence-corrected chi connectivity index (χ2v) is 9.03. The van der Waals surface area contributed by atoms with E-state index in [4.69, 9.17) is 9.73 Å². The van der Waals surface area contributed by atoms with Gasteiger partial charge in [0.2, 0.25) is 0 Å². The summed E-state index contributed by atoms with van der Waals surface area (Å²) in [4.78, 5) is 12.2. The third-order valence-electron chi connectivity index (χ3n) is 4.99. The predicted octanol–water partition coefficient (Wildman–Crippen LogP) is 5.61. The molecule has 0 bridgehead atoms. The standard InChI is InChI=1S/C21H24BrN3OS/c1-4-15-12-27-21-24-19(17-7-5-6-10-23-17)20(25(15)21)14-8-9-18(16(22)11-14)26-13(2)3/h5-11,13,15,19-20H,4,12H2,1-3H3/t15-,19+,20+/m0/s1. The molecule has 6 heteroatoms. The molecule has 2 aliphatic rings. The fourth-order valence-corrected chi connectivity index (χ4v) is 5.59. The molecule has 2 aromatic rings. The van der Waals surface area contributed by atoms with Gasteiger partial charge in [0.1, 0.15) is 11.8 Å². The molecule has 1 aromatic heterocycles. The number of thioether (sulfide) groups is 1. The minimum Gasteiger partial charge on any atom is -0.490 e. The number of hydrogen-bond acceptors (Lipinski definition) is 5. The maximum Gasteiger partial charge on any atom is 0.160 e. The van der Waals surface area contributed by atoms with Crippen molar-refractivity contribution in [1.82, 2.24) is 9.88 Å². The molecule has 142 valence electrons. The van der Waals surface area contributed by atoms with Gasteiger partial charge in [0.15, 0.2) is 5.17 Å². The first-order valence-corrected chi connectivity index (χ1v) is 11.2. The Balaban J connectivity index is 1.74. The molecule has 0 spiro atoms. The number of aromatic nitrogens is 1. The fourth-order valence-electron chi connectivity index (χ4n) is 3.76. The monoisotopic (exact) mass is 445 g/mol. The summed E-state index contributed by atoms with van der Waals surface area (Å²) in [5.74, 6) is 1.99. The van der Waals surface area contributed by atoms with E-state index in [1.165, 1.54) is 5.56 Å². The van der Waals surface area contributed by atoms with E-state index >= 15 is 0 Å². The Morgan fingerprint density at radius 2 is 2.15 bits per heavy atom. The quantitative estimate of drug-likeness (QED) is 0.598. The Bertz CT molecular complexity index is 843. The fraction of sp³-hybridized carbons (Fsp3) is 0.429. The van der Waals surface area contributed by atoms with Crippen molar-refractivity contribution < 1.29 is 4.74 Å². The summed E-state index contributed by atoms with van der Waals surface area (Å²) in [6.45, 7) is 6.35. The maximum atomic E-state index is 5.90. The summed E-state index contributed by atoms with van der Waals surface area (Å²) in [5, 5.41) is 1.15. The third-order valence-corrected chi connectivity index (χ3v) is 6.74. The van der Waals surface area contributed by atoms with Crippen molar-refractivity contribution in [3.63, 3.8) is 0 Å². The molecule has 1 aromatic carbocycles. The Kier molecular flexibility index (Phi) is 5.46. The number of rotatable bonds is 5. The molecule has 0 amide bonds. The number of ether oxygens (including phenoxy) is 1. The van der Waals surface area contributed by atoms with E-state index in [9.17, 15) is 0 Å². The van der Waals surface area contributed by atoms with Gasteiger partial charge in [0.05, 0.1) is 22.3 Å². The van der Waals surface area contributed by atoms with Crippen LogP contribution in [0.25, 0.3) is 0 Å². The van der Waals surface area contributed by atoms with E-state index in [0.717, 1.165) is 33.3 Å². The van der Waals surface area contributed by atoms with Crippen LogP contribution in [0.4, 0.5) is 0 Å². The first kappa shape index (κ1) is 18.8. The number of halogens is 1. The molecule has 27 heavy (non-hydrogen) atoms. The number of nitrogens with zero attached hydrogens (tertiary/aromatic N) is 3. The van der Waals surface area contributed by atoms with Gasteiger partial charge < -0.3 is 9.64 Å². The van der Waals surface area contributed by atoms with E-state index in [0.29, 0.717) is 6.04 Å². The lowest BCUT2D eigenvalue weighted by atomic mass is 9.95. The molecule has 0 radical (unpaired) electrons. The van der Waals surface area contributed by atoms with Gasteiger partial charge in [-0.25, -0.2) is 0 Å². The molecular weight excluding hydrogens is 422 g/mol. The molecule has 2 aliphatic heterocycles. The van der Waals surface area contributed by atoms with E-state index < -0.39 is 0 Å². The number of amidine groups is 1. The first-order chi connectivity index (χ1) is 13.1. The smallest absolute Gasteiger partial charge is 0.160 e. The Morgan fingerprint density at radius 3 is 2.81 bits per heavy atom. The minimum absolute atomic E-state index is 0.0202. The van der Waals surface area contributed by atoms with E-state index in [2.05, 4.69) is 57.0 Å². The van der Waals surface area contributed by atoms with Crippen LogP contribution in [0.3, 0.4) is 0 Å². The van der Waals surface area contributed by atoms with Gasteiger partial charge in [0.25, 0.3) is 0 Å². The van der Waals surface area contributed by atoms with Crippen molar-refractivity contribution in [3.05, 3.63) is 58.3 Å². The van der Waals surface area contributed by atoms with Crippen LogP contribution in [-0.4, -0.2) is 33.0 Å². The topological polar surface area (TPSA) is 37.7 Å². The van der Waals surface area contributed by atoms with Crippen LogP contribution < -0.4 is 4.74 Å². The minimum atomic E-state index is 0.0202. The SMILES string of the molecule is CC[C@H]1CSC2=N[C@H](c3ccccn3)[C@@H](c3ccc(OC(C)C)c(Br)c3)N21. The molecule has 3 heterocycles. The van der Waals surface area contributed by atoms with Crippen LogP contribution in [0.1, 0.15) is 50.5 Å². The summed E-state index contributed by atoms with van der Waals surface area (Å²) in [6.07, 6.45) is 3.12. The zero-order valence-electron chi connectivity index (χ0n) is 15.8. The normalized spacial score (nSPS) is 24.3. The average Bonchev–Trinajstić information content (AvgIpc) is 3.22. The Morgan fingerprint density at radius 1 is 1.30 bits per heavy atom. The maximum absolute atomic E-state index is 5.90. The highest BCUT2D eigenvalue weighted by Crippen LogP contribution is 2.49. The van der Waals surface area contributed by atoms with E-state index in [1.807, 2.05) is 43.9 Å². The molecule has 1 saturated heterocycles.